The number of phenols is 1. The third kappa shape index (κ3) is 2.36. The first kappa shape index (κ1) is 10.4. The summed E-state index contributed by atoms with van der Waals surface area (Å²) in [6.07, 6.45) is -0.0406. The molecule has 0 aliphatic carbocycles. The average molecular weight is 201 g/mol. The van der Waals surface area contributed by atoms with Crippen molar-refractivity contribution in [2.24, 2.45) is 0 Å². The highest BCUT2D eigenvalue weighted by Crippen LogP contribution is 2.30. The Balaban J connectivity index is 3.10. The Morgan fingerprint density at radius 3 is 2.62 bits per heavy atom. The molecule has 0 heterocycles. The standard InChI is InChI=1S/C10H13ClO2/c1-6-3-4-9(11)10(13)8(6)5-7(2)12/h3-4,7,12-13H,5H2,1-2H3. The molecule has 0 bridgehead atoms. The van der Waals surface area contributed by atoms with Crippen LogP contribution in [0.25, 0.3) is 0 Å². The predicted octanol–water partition coefficient (Wildman–Crippen LogP) is 2.28. The maximum atomic E-state index is 9.58. The lowest BCUT2D eigenvalue weighted by Crippen LogP contribution is -2.05. The SMILES string of the molecule is Cc1ccc(Cl)c(O)c1CC(C)O. The summed E-state index contributed by atoms with van der Waals surface area (Å²) >= 11 is 5.74. The zero-order valence-corrected chi connectivity index (χ0v) is 8.47. The fourth-order valence-corrected chi connectivity index (χ4v) is 1.44. The van der Waals surface area contributed by atoms with Crippen molar-refractivity contribution in [1.82, 2.24) is 0 Å². The van der Waals surface area contributed by atoms with E-state index in [0.29, 0.717) is 11.4 Å². The molecular formula is C10H13ClO2. The summed E-state index contributed by atoms with van der Waals surface area (Å²) in [6.45, 7) is 3.56. The Labute approximate surface area is 82.8 Å². The van der Waals surface area contributed by atoms with E-state index in [0.717, 1.165) is 11.1 Å². The quantitative estimate of drug-likeness (QED) is 0.769. The van der Waals surface area contributed by atoms with Gasteiger partial charge in [0.25, 0.3) is 0 Å². The van der Waals surface area contributed by atoms with Gasteiger partial charge in [-0.2, -0.15) is 0 Å². The van der Waals surface area contributed by atoms with E-state index < -0.39 is 6.10 Å². The number of phenolic OH excluding ortho intramolecular Hbond substituents is 1. The molecule has 2 N–H and O–H groups in total. The fourth-order valence-electron chi connectivity index (χ4n) is 1.26. The number of aryl methyl sites for hydroxylation is 1. The largest absolute Gasteiger partial charge is 0.506 e. The van der Waals surface area contributed by atoms with E-state index in [2.05, 4.69) is 0 Å². The van der Waals surface area contributed by atoms with E-state index in [1.807, 2.05) is 13.0 Å². The van der Waals surface area contributed by atoms with Gasteiger partial charge in [0.05, 0.1) is 11.1 Å². The molecule has 0 spiro atoms. The number of hydrogen-bond acceptors (Lipinski definition) is 2. The molecule has 0 aliphatic heterocycles. The highest BCUT2D eigenvalue weighted by atomic mass is 35.5. The second-order valence-electron chi connectivity index (χ2n) is 3.24. The molecule has 0 fully saturated rings. The van der Waals surface area contributed by atoms with Gasteiger partial charge in [-0.25, -0.2) is 0 Å². The monoisotopic (exact) mass is 200 g/mol. The third-order valence-corrected chi connectivity index (χ3v) is 2.27. The molecule has 1 rings (SSSR count). The van der Waals surface area contributed by atoms with Gasteiger partial charge in [-0.05, 0) is 25.5 Å². The van der Waals surface area contributed by atoms with Crippen LogP contribution in [0.2, 0.25) is 5.02 Å². The second kappa shape index (κ2) is 3.99. The van der Waals surface area contributed by atoms with Crippen LogP contribution in [0.3, 0.4) is 0 Å². The molecule has 1 unspecified atom stereocenters. The summed E-state index contributed by atoms with van der Waals surface area (Å²) in [5.41, 5.74) is 1.67. The van der Waals surface area contributed by atoms with Crippen molar-refractivity contribution in [3.8, 4) is 5.75 Å². The van der Waals surface area contributed by atoms with Crippen LogP contribution in [-0.2, 0) is 6.42 Å². The van der Waals surface area contributed by atoms with Crippen molar-refractivity contribution in [1.29, 1.82) is 0 Å². The lowest BCUT2D eigenvalue weighted by molar-refractivity contribution is 0.194. The Hall–Kier alpha value is -0.730. The minimum Gasteiger partial charge on any atom is -0.506 e. The number of benzene rings is 1. The molecule has 0 amide bonds. The molecule has 0 aromatic heterocycles. The van der Waals surface area contributed by atoms with Crippen LogP contribution in [-0.4, -0.2) is 16.3 Å². The van der Waals surface area contributed by atoms with Crippen LogP contribution < -0.4 is 0 Å². The lowest BCUT2D eigenvalue weighted by Gasteiger charge is -2.11. The number of aliphatic hydroxyl groups is 1. The summed E-state index contributed by atoms with van der Waals surface area (Å²) in [4.78, 5) is 0. The third-order valence-electron chi connectivity index (χ3n) is 1.97. The van der Waals surface area contributed by atoms with Gasteiger partial charge in [0.15, 0.2) is 0 Å². The molecule has 1 atom stereocenters. The zero-order valence-electron chi connectivity index (χ0n) is 7.71. The molecule has 2 nitrogen and oxygen atoms in total. The van der Waals surface area contributed by atoms with E-state index >= 15 is 0 Å². The minimum absolute atomic E-state index is 0.0857. The molecule has 72 valence electrons. The number of aliphatic hydroxyl groups excluding tert-OH is 1. The van der Waals surface area contributed by atoms with Crippen LogP contribution in [0, 0.1) is 6.92 Å². The predicted molar refractivity (Wildman–Crippen MR) is 53.2 cm³/mol. The van der Waals surface area contributed by atoms with Gasteiger partial charge < -0.3 is 10.2 Å². The lowest BCUT2D eigenvalue weighted by atomic mass is 10.0. The van der Waals surface area contributed by atoms with E-state index in [4.69, 9.17) is 11.6 Å². The van der Waals surface area contributed by atoms with Crippen LogP contribution in [0.15, 0.2) is 12.1 Å². The molecule has 0 saturated carbocycles. The van der Waals surface area contributed by atoms with Gasteiger partial charge in [0, 0.05) is 12.0 Å². The molecule has 13 heavy (non-hydrogen) atoms. The summed E-state index contributed by atoms with van der Waals surface area (Å²) in [5, 5.41) is 19.1. The van der Waals surface area contributed by atoms with Gasteiger partial charge in [-0.3, -0.25) is 0 Å². The summed E-state index contributed by atoms with van der Waals surface area (Å²) < 4.78 is 0. The molecule has 3 heteroatoms. The van der Waals surface area contributed by atoms with Gasteiger partial charge in [-0.15, -0.1) is 0 Å². The van der Waals surface area contributed by atoms with E-state index in [1.165, 1.54) is 0 Å². The molecular weight excluding hydrogens is 188 g/mol. The Bertz CT molecular complexity index is 308. The van der Waals surface area contributed by atoms with Crippen LogP contribution in [0.1, 0.15) is 18.1 Å². The maximum Gasteiger partial charge on any atom is 0.137 e. The highest BCUT2D eigenvalue weighted by Gasteiger charge is 2.10. The van der Waals surface area contributed by atoms with Crippen molar-refractivity contribution >= 4 is 11.6 Å². The van der Waals surface area contributed by atoms with Crippen LogP contribution in [0.4, 0.5) is 0 Å². The van der Waals surface area contributed by atoms with Gasteiger partial charge in [0.1, 0.15) is 5.75 Å². The van der Waals surface area contributed by atoms with Crippen LogP contribution >= 0.6 is 11.6 Å². The van der Waals surface area contributed by atoms with Crippen molar-refractivity contribution in [3.05, 3.63) is 28.3 Å². The first-order chi connectivity index (χ1) is 6.02. The highest BCUT2D eigenvalue weighted by molar-refractivity contribution is 6.32. The maximum absolute atomic E-state index is 9.58. The minimum atomic E-state index is -0.469. The second-order valence-corrected chi connectivity index (χ2v) is 3.65. The van der Waals surface area contributed by atoms with Crippen molar-refractivity contribution in [2.45, 2.75) is 26.4 Å². The Kier molecular flexibility index (Phi) is 3.17. The number of rotatable bonds is 2. The molecule has 1 aromatic rings. The van der Waals surface area contributed by atoms with Crippen molar-refractivity contribution < 1.29 is 10.2 Å². The topological polar surface area (TPSA) is 40.5 Å². The van der Waals surface area contributed by atoms with Crippen molar-refractivity contribution in [3.63, 3.8) is 0 Å². The zero-order chi connectivity index (χ0) is 10.0. The number of aromatic hydroxyl groups is 1. The van der Waals surface area contributed by atoms with Gasteiger partial charge >= 0.3 is 0 Å². The number of hydrogen-bond donors (Lipinski definition) is 2. The summed E-state index contributed by atoms with van der Waals surface area (Å²) in [5.74, 6) is 0.0857. The smallest absolute Gasteiger partial charge is 0.137 e. The first-order valence-corrected chi connectivity index (χ1v) is 4.55. The fraction of sp³-hybridized carbons (Fsp3) is 0.400. The first-order valence-electron chi connectivity index (χ1n) is 4.17. The summed E-state index contributed by atoms with van der Waals surface area (Å²) in [7, 11) is 0. The van der Waals surface area contributed by atoms with Gasteiger partial charge in [-0.1, -0.05) is 17.7 Å². The molecule has 0 aliphatic rings. The van der Waals surface area contributed by atoms with Gasteiger partial charge in [0.2, 0.25) is 0 Å². The van der Waals surface area contributed by atoms with Crippen molar-refractivity contribution in [2.75, 3.05) is 0 Å². The Morgan fingerprint density at radius 2 is 2.08 bits per heavy atom. The number of halogens is 1. The molecule has 1 aromatic carbocycles. The normalized spacial score (nSPS) is 12.9. The van der Waals surface area contributed by atoms with E-state index in [1.54, 1.807) is 13.0 Å². The van der Waals surface area contributed by atoms with E-state index in [-0.39, 0.29) is 5.75 Å². The average Bonchev–Trinajstić information content (AvgIpc) is 2.05. The van der Waals surface area contributed by atoms with E-state index in [9.17, 15) is 10.2 Å². The molecule has 0 saturated heterocycles. The summed E-state index contributed by atoms with van der Waals surface area (Å²) in [6, 6.07) is 3.48. The van der Waals surface area contributed by atoms with Crippen LogP contribution in [0.5, 0.6) is 5.75 Å². The Morgan fingerprint density at radius 1 is 1.46 bits per heavy atom. The molecule has 0 radical (unpaired) electrons.